The molecule has 0 unspecified atom stereocenters. The highest BCUT2D eigenvalue weighted by atomic mass is 16.5. The average molecular weight is 253 g/mol. The number of hydrogen-bond acceptors (Lipinski definition) is 2. The van der Waals surface area contributed by atoms with E-state index in [-0.39, 0.29) is 0 Å². The molecular formula is C17H19NO. The van der Waals surface area contributed by atoms with E-state index in [9.17, 15) is 0 Å². The van der Waals surface area contributed by atoms with Crippen molar-refractivity contribution in [3.05, 3.63) is 71.8 Å². The molecule has 1 aliphatic heterocycles. The van der Waals surface area contributed by atoms with E-state index in [0.717, 1.165) is 19.8 Å². The predicted octanol–water partition coefficient (Wildman–Crippen LogP) is 2.81. The lowest BCUT2D eigenvalue weighted by Gasteiger charge is -2.32. The summed E-state index contributed by atoms with van der Waals surface area (Å²) in [5.41, 5.74) is 2.69. The molecule has 1 N–H and O–H groups in total. The second-order valence-corrected chi connectivity index (χ2v) is 4.93. The molecule has 1 atom stereocenters. The summed E-state index contributed by atoms with van der Waals surface area (Å²) >= 11 is 0. The van der Waals surface area contributed by atoms with Gasteiger partial charge in [-0.2, -0.15) is 0 Å². The molecule has 0 bridgehead atoms. The highest BCUT2D eigenvalue weighted by Gasteiger charge is 2.26. The lowest BCUT2D eigenvalue weighted by Crippen LogP contribution is -2.45. The van der Waals surface area contributed by atoms with Gasteiger partial charge in [0.1, 0.15) is 0 Å². The van der Waals surface area contributed by atoms with Crippen LogP contribution in [0, 0.1) is 0 Å². The molecule has 2 nitrogen and oxygen atoms in total. The molecule has 3 rings (SSSR count). The zero-order chi connectivity index (χ0) is 12.9. The van der Waals surface area contributed by atoms with Crippen LogP contribution in [0.2, 0.25) is 0 Å². The van der Waals surface area contributed by atoms with Crippen LogP contribution in [0.15, 0.2) is 60.7 Å². The third-order valence-electron chi connectivity index (χ3n) is 3.67. The van der Waals surface area contributed by atoms with E-state index in [2.05, 4.69) is 66.0 Å². The Bertz CT molecular complexity index is 452. The topological polar surface area (TPSA) is 21.3 Å². The molecule has 19 heavy (non-hydrogen) atoms. The molecule has 0 saturated carbocycles. The molecule has 1 aliphatic rings. The largest absolute Gasteiger partial charge is 0.378 e. The summed E-state index contributed by atoms with van der Waals surface area (Å²) in [4.78, 5) is 0. The first-order chi connectivity index (χ1) is 9.45. The van der Waals surface area contributed by atoms with Gasteiger partial charge < -0.3 is 10.1 Å². The number of rotatable bonds is 3. The first-order valence-corrected chi connectivity index (χ1v) is 6.86. The standard InChI is InChI=1S/C17H19NO/c1-3-7-14(8-4-1)17(15-9-5-2-6-10-15)16-13-19-12-11-18-16/h1-10,16-18H,11-13H2/t16-/m0/s1. The summed E-state index contributed by atoms with van der Waals surface area (Å²) in [7, 11) is 0. The minimum Gasteiger partial charge on any atom is -0.378 e. The molecule has 2 heteroatoms. The first-order valence-electron chi connectivity index (χ1n) is 6.86. The van der Waals surface area contributed by atoms with Crippen molar-refractivity contribution in [2.75, 3.05) is 19.8 Å². The van der Waals surface area contributed by atoms with Crippen LogP contribution in [0.5, 0.6) is 0 Å². The number of hydrogen-bond donors (Lipinski definition) is 1. The van der Waals surface area contributed by atoms with Crippen molar-refractivity contribution in [3.63, 3.8) is 0 Å². The van der Waals surface area contributed by atoms with Crippen molar-refractivity contribution >= 4 is 0 Å². The second kappa shape index (κ2) is 6.00. The van der Waals surface area contributed by atoms with Crippen molar-refractivity contribution in [2.45, 2.75) is 12.0 Å². The molecule has 2 aromatic carbocycles. The Morgan fingerprint density at radius 3 is 1.95 bits per heavy atom. The van der Waals surface area contributed by atoms with Crippen LogP contribution in [0.1, 0.15) is 17.0 Å². The summed E-state index contributed by atoms with van der Waals surface area (Å²) in [6, 6.07) is 21.7. The fraction of sp³-hybridized carbons (Fsp3) is 0.294. The Kier molecular flexibility index (Phi) is 3.92. The minimum atomic E-state index is 0.346. The summed E-state index contributed by atoms with van der Waals surface area (Å²) in [6.45, 7) is 2.52. The maximum Gasteiger partial charge on any atom is 0.0629 e. The van der Waals surface area contributed by atoms with E-state index in [0.29, 0.717) is 12.0 Å². The van der Waals surface area contributed by atoms with Crippen LogP contribution in [0.4, 0.5) is 0 Å². The SMILES string of the molecule is c1ccc(C(c2ccccc2)[C@@H]2COCCN2)cc1. The van der Waals surface area contributed by atoms with Gasteiger partial charge in [0.05, 0.1) is 13.2 Å². The quantitative estimate of drug-likeness (QED) is 0.908. The highest BCUT2D eigenvalue weighted by molar-refractivity contribution is 5.34. The minimum absolute atomic E-state index is 0.346. The summed E-state index contributed by atoms with van der Waals surface area (Å²) in [5, 5.41) is 3.59. The zero-order valence-corrected chi connectivity index (χ0v) is 11.0. The number of nitrogens with one attached hydrogen (secondary N) is 1. The summed E-state index contributed by atoms with van der Waals surface area (Å²) in [5.74, 6) is 0.350. The van der Waals surface area contributed by atoms with Crippen LogP contribution in [0.25, 0.3) is 0 Å². The highest BCUT2D eigenvalue weighted by Crippen LogP contribution is 2.28. The summed E-state index contributed by atoms with van der Waals surface area (Å²) in [6.07, 6.45) is 0. The van der Waals surface area contributed by atoms with Gasteiger partial charge in [0, 0.05) is 18.5 Å². The Morgan fingerprint density at radius 1 is 0.895 bits per heavy atom. The zero-order valence-electron chi connectivity index (χ0n) is 11.0. The second-order valence-electron chi connectivity index (χ2n) is 4.93. The summed E-state index contributed by atoms with van der Waals surface area (Å²) < 4.78 is 5.64. The van der Waals surface area contributed by atoms with Gasteiger partial charge in [-0.1, -0.05) is 60.7 Å². The monoisotopic (exact) mass is 253 g/mol. The molecule has 0 aromatic heterocycles. The first kappa shape index (κ1) is 12.4. The Labute approximate surface area is 114 Å². The van der Waals surface area contributed by atoms with Crippen LogP contribution in [-0.4, -0.2) is 25.8 Å². The Balaban J connectivity index is 1.96. The molecule has 0 radical (unpaired) electrons. The lowest BCUT2D eigenvalue weighted by atomic mass is 9.85. The van der Waals surface area contributed by atoms with Crippen LogP contribution in [-0.2, 0) is 4.74 Å². The van der Waals surface area contributed by atoms with Crippen molar-refractivity contribution in [1.82, 2.24) is 5.32 Å². The fourth-order valence-electron chi connectivity index (χ4n) is 2.78. The normalized spacial score (nSPS) is 19.5. The van der Waals surface area contributed by atoms with E-state index >= 15 is 0 Å². The smallest absolute Gasteiger partial charge is 0.0629 e. The van der Waals surface area contributed by atoms with Crippen molar-refractivity contribution in [3.8, 4) is 0 Å². The Hall–Kier alpha value is -1.64. The molecule has 1 fully saturated rings. The van der Waals surface area contributed by atoms with E-state index < -0.39 is 0 Å². The molecule has 0 amide bonds. The maximum atomic E-state index is 5.64. The van der Waals surface area contributed by atoms with Crippen LogP contribution >= 0.6 is 0 Å². The van der Waals surface area contributed by atoms with Crippen molar-refractivity contribution in [1.29, 1.82) is 0 Å². The van der Waals surface area contributed by atoms with Gasteiger partial charge in [-0.15, -0.1) is 0 Å². The molecule has 0 spiro atoms. The van der Waals surface area contributed by atoms with Gasteiger partial charge in [0.25, 0.3) is 0 Å². The molecule has 98 valence electrons. The van der Waals surface area contributed by atoms with E-state index in [4.69, 9.17) is 4.74 Å². The lowest BCUT2D eigenvalue weighted by molar-refractivity contribution is 0.0718. The average Bonchev–Trinajstić information content (AvgIpc) is 2.51. The molecule has 0 aliphatic carbocycles. The van der Waals surface area contributed by atoms with E-state index in [1.54, 1.807) is 0 Å². The van der Waals surface area contributed by atoms with Gasteiger partial charge in [-0.05, 0) is 11.1 Å². The van der Waals surface area contributed by atoms with Gasteiger partial charge in [0.15, 0.2) is 0 Å². The van der Waals surface area contributed by atoms with Crippen LogP contribution < -0.4 is 5.32 Å². The van der Waals surface area contributed by atoms with Crippen molar-refractivity contribution in [2.24, 2.45) is 0 Å². The number of ether oxygens (including phenoxy) is 1. The predicted molar refractivity (Wildman–Crippen MR) is 77.3 cm³/mol. The molecule has 1 saturated heterocycles. The number of benzene rings is 2. The fourth-order valence-corrected chi connectivity index (χ4v) is 2.78. The van der Waals surface area contributed by atoms with Gasteiger partial charge in [0.2, 0.25) is 0 Å². The number of morpholine rings is 1. The molecule has 1 heterocycles. The van der Waals surface area contributed by atoms with Gasteiger partial charge in [-0.3, -0.25) is 0 Å². The Morgan fingerprint density at radius 2 is 1.47 bits per heavy atom. The maximum absolute atomic E-state index is 5.64. The van der Waals surface area contributed by atoms with E-state index in [1.165, 1.54) is 11.1 Å². The molecular weight excluding hydrogens is 234 g/mol. The van der Waals surface area contributed by atoms with Crippen molar-refractivity contribution < 1.29 is 4.74 Å². The van der Waals surface area contributed by atoms with E-state index in [1.807, 2.05) is 0 Å². The van der Waals surface area contributed by atoms with Gasteiger partial charge >= 0.3 is 0 Å². The third-order valence-corrected chi connectivity index (χ3v) is 3.67. The molecule has 2 aromatic rings. The van der Waals surface area contributed by atoms with Crippen LogP contribution in [0.3, 0.4) is 0 Å². The third kappa shape index (κ3) is 2.86. The van der Waals surface area contributed by atoms with Gasteiger partial charge in [-0.25, -0.2) is 0 Å².